The lowest BCUT2D eigenvalue weighted by atomic mass is 9.62. The van der Waals surface area contributed by atoms with Crippen molar-refractivity contribution < 1.29 is 9.53 Å². The molecule has 5 rings (SSSR count). The summed E-state index contributed by atoms with van der Waals surface area (Å²) in [4.78, 5) is 17.9. The van der Waals surface area contributed by atoms with Crippen LogP contribution in [-0.4, -0.2) is 31.5 Å². The van der Waals surface area contributed by atoms with Crippen LogP contribution in [0.15, 0.2) is 23.2 Å². The van der Waals surface area contributed by atoms with Gasteiger partial charge in [0.15, 0.2) is 17.8 Å². The molecule has 0 aromatic heterocycles. The van der Waals surface area contributed by atoms with E-state index in [1.54, 1.807) is 7.11 Å². The maximum atomic E-state index is 12.9. The van der Waals surface area contributed by atoms with Crippen molar-refractivity contribution in [3.8, 4) is 0 Å². The molecule has 4 aliphatic carbocycles. The highest BCUT2D eigenvalue weighted by molar-refractivity contribution is 5.84. The van der Waals surface area contributed by atoms with Crippen molar-refractivity contribution in [3.63, 3.8) is 0 Å². The van der Waals surface area contributed by atoms with Gasteiger partial charge in [-0.2, -0.15) is 0 Å². The highest BCUT2D eigenvalue weighted by atomic mass is 16.5. The van der Waals surface area contributed by atoms with E-state index in [0.29, 0.717) is 17.9 Å². The molecule has 1 atom stereocenters. The first-order chi connectivity index (χ1) is 14.1. The van der Waals surface area contributed by atoms with Gasteiger partial charge in [0.25, 0.3) is 0 Å². The van der Waals surface area contributed by atoms with Gasteiger partial charge in [0.2, 0.25) is 0 Å². The molecule has 0 heterocycles. The Morgan fingerprint density at radius 3 is 2.55 bits per heavy atom. The van der Waals surface area contributed by atoms with Crippen LogP contribution >= 0.6 is 0 Å². The van der Waals surface area contributed by atoms with Crippen molar-refractivity contribution in [2.24, 2.45) is 16.1 Å². The molecule has 1 aromatic rings. The van der Waals surface area contributed by atoms with Gasteiger partial charge in [-0.25, -0.2) is 4.99 Å². The minimum absolute atomic E-state index is 0.194. The Hall–Kier alpha value is -1.88. The molecule has 156 valence electrons. The summed E-state index contributed by atoms with van der Waals surface area (Å²) in [6.07, 6.45) is 12.1. The van der Waals surface area contributed by atoms with Gasteiger partial charge in [-0.05, 0) is 86.8 Å². The Morgan fingerprint density at radius 2 is 1.97 bits per heavy atom. The molecule has 5 nitrogen and oxygen atoms in total. The van der Waals surface area contributed by atoms with E-state index in [1.165, 1.54) is 30.4 Å². The van der Waals surface area contributed by atoms with Crippen LogP contribution in [0.1, 0.15) is 80.4 Å². The number of aldehydes is 1. The Kier molecular flexibility index (Phi) is 4.69. The molecular weight excluding hydrogens is 362 g/mol. The summed E-state index contributed by atoms with van der Waals surface area (Å²) in [5.41, 5.74) is 9.05. The van der Waals surface area contributed by atoms with Crippen LogP contribution < -0.4 is 11.1 Å². The number of ether oxygens (including phenoxy) is 1. The first-order valence-electron chi connectivity index (χ1n) is 11.3. The van der Waals surface area contributed by atoms with E-state index in [2.05, 4.69) is 23.5 Å². The van der Waals surface area contributed by atoms with Crippen molar-refractivity contribution in [2.45, 2.75) is 87.8 Å². The zero-order chi connectivity index (χ0) is 20.1. The van der Waals surface area contributed by atoms with Gasteiger partial charge < -0.3 is 20.6 Å². The highest BCUT2D eigenvalue weighted by Gasteiger charge is 2.59. The number of fused-ring (bicyclic) bond motifs is 1. The Bertz CT molecular complexity index is 819. The van der Waals surface area contributed by atoms with E-state index >= 15 is 0 Å². The lowest BCUT2D eigenvalue weighted by Crippen LogP contribution is -2.50. The Morgan fingerprint density at radius 1 is 1.21 bits per heavy atom. The zero-order valence-corrected chi connectivity index (χ0v) is 17.5. The first-order valence-corrected chi connectivity index (χ1v) is 11.3. The second-order valence-corrected chi connectivity index (χ2v) is 9.74. The number of nitrogens with zero attached hydrogens (tertiary/aromatic N) is 1. The van der Waals surface area contributed by atoms with Crippen LogP contribution in [0.2, 0.25) is 0 Å². The van der Waals surface area contributed by atoms with Gasteiger partial charge in [0.05, 0.1) is 6.10 Å². The standard InChI is InChI=1S/C24H33N3O2/c1-29-20-9-11-23(12-10-20)14-18-8-7-17(16-5-6-16)13-21(18)24(23,15-28)27-22(25)26-19-3-2-4-19/h7-8,13,15-16,19-20H,2-6,9-12,14H2,1H3,(H3,25,26,27). The minimum Gasteiger partial charge on any atom is -0.381 e. The van der Waals surface area contributed by atoms with Crippen LogP contribution in [0.5, 0.6) is 0 Å². The second-order valence-electron chi connectivity index (χ2n) is 9.74. The number of nitrogens with one attached hydrogen (secondary N) is 1. The molecule has 0 amide bonds. The van der Waals surface area contributed by atoms with E-state index in [1.807, 2.05) is 0 Å². The number of nitrogens with two attached hydrogens (primary N) is 1. The number of hydrogen-bond acceptors (Lipinski definition) is 3. The third-order valence-corrected chi connectivity index (χ3v) is 8.08. The van der Waals surface area contributed by atoms with E-state index in [9.17, 15) is 4.79 Å². The summed E-state index contributed by atoms with van der Waals surface area (Å²) in [5, 5.41) is 3.37. The second kappa shape index (κ2) is 7.12. The quantitative estimate of drug-likeness (QED) is 0.454. The Labute approximate surface area is 173 Å². The number of benzene rings is 1. The largest absolute Gasteiger partial charge is 0.381 e. The summed E-state index contributed by atoms with van der Waals surface area (Å²) in [7, 11) is 1.79. The number of rotatable bonds is 5. The minimum atomic E-state index is -0.882. The zero-order valence-electron chi connectivity index (χ0n) is 17.5. The maximum Gasteiger partial charge on any atom is 0.190 e. The monoisotopic (exact) mass is 395 g/mol. The summed E-state index contributed by atoms with van der Waals surface area (Å²) in [6.45, 7) is 0. The molecule has 3 N–H and O–H groups in total. The van der Waals surface area contributed by atoms with Gasteiger partial charge in [-0.1, -0.05) is 18.2 Å². The normalized spacial score (nSPS) is 34.7. The van der Waals surface area contributed by atoms with Crippen molar-refractivity contribution in [2.75, 3.05) is 7.11 Å². The number of carbonyl (C=O) groups excluding carboxylic acids is 1. The Balaban J connectivity index is 1.57. The molecule has 5 heteroatoms. The predicted molar refractivity (Wildman–Crippen MR) is 114 cm³/mol. The number of guanidine groups is 1. The number of carbonyl (C=O) groups is 1. The molecule has 1 spiro atoms. The van der Waals surface area contributed by atoms with Crippen molar-refractivity contribution in [3.05, 3.63) is 34.9 Å². The predicted octanol–water partition coefficient (Wildman–Crippen LogP) is 3.55. The van der Waals surface area contributed by atoms with E-state index in [4.69, 9.17) is 15.5 Å². The van der Waals surface area contributed by atoms with Crippen molar-refractivity contribution >= 4 is 12.2 Å². The third kappa shape index (κ3) is 3.09. The molecule has 0 bridgehead atoms. The summed E-state index contributed by atoms with van der Waals surface area (Å²) in [6, 6.07) is 7.20. The number of hydrogen-bond donors (Lipinski definition) is 2. The molecule has 0 saturated heterocycles. The van der Waals surface area contributed by atoms with Gasteiger partial charge >= 0.3 is 0 Å². The van der Waals surface area contributed by atoms with Crippen LogP contribution in [0, 0.1) is 5.41 Å². The fraction of sp³-hybridized carbons (Fsp3) is 0.667. The first kappa shape index (κ1) is 19.1. The highest BCUT2D eigenvalue weighted by Crippen LogP contribution is 2.59. The molecule has 1 aromatic carbocycles. The van der Waals surface area contributed by atoms with Crippen LogP contribution in [0.25, 0.3) is 0 Å². The smallest absolute Gasteiger partial charge is 0.190 e. The summed E-state index contributed by atoms with van der Waals surface area (Å²) in [5.74, 6) is 1.08. The lowest BCUT2D eigenvalue weighted by molar-refractivity contribution is -0.118. The van der Waals surface area contributed by atoms with Crippen LogP contribution in [-0.2, 0) is 21.5 Å². The van der Waals surface area contributed by atoms with E-state index in [-0.39, 0.29) is 11.5 Å². The molecule has 3 fully saturated rings. The molecule has 1 unspecified atom stereocenters. The van der Waals surface area contributed by atoms with Gasteiger partial charge in [-0.15, -0.1) is 0 Å². The summed E-state index contributed by atoms with van der Waals surface area (Å²) < 4.78 is 5.63. The topological polar surface area (TPSA) is 76.7 Å². The molecule has 0 aliphatic heterocycles. The van der Waals surface area contributed by atoms with Gasteiger partial charge in [0, 0.05) is 18.6 Å². The molecule has 3 saturated carbocycles. The fourth-order valence-corrected chi connectivity index (χ4v) is 5.87. The molecule has 29 heavy (non-hydrogen) atoms. The van der Waals surface area contributed by atoms with Crippen molar-refractivity contribution in [1.29, 1.82) is 0 Å². The van der Waals surface area contributed by atoms with Gasteiger partial charge in [-0.3, -0.25) is 0 Å². The lowest BCUT2D eigenvalue weighted by Gasteiger charge is -2.45. The van der Waals surface area contributed by atoms with Crippen molar-refractivity contribution in [1.82, 2.24) is 5.32 Å². The summed E-state index contributed by atoms with van der Waals surface area (Å²) >= 11 is 0. The SMILES string of the molecule is COC1CCC2(CC1)Cc1ccc(C3CC3)cc1C2(C=O)/N=C(/N)NC1CCC1. The molecular formula is C24H33N3O2. The number of aliphatic imine (C=N–C) groups is 1. The molecule has 4 aliphatic rings. The fourth-order valence-electron chi connectivity index (χ4n) is 5.87. The van der Waals surface area contributed by atoms with Gasteiger partial charge in [0.1, 0.15) is 0 Å². The van der Waals surface area contributed by atoms with E-state index < -0.39 is 5.54 Å². The van der Waals surface area contributed by atoms with Crippen LogP contribution in [0.4, 0.5) is 0 Å². The van der Waals surface area contributed by atoms with Crippen LogP contribution in [0.3, 0.4) is 0 Å². The third-order valence-electron chi connectivity index (χ3n) is 8.08. The maximum absolute atomic E-state index is 12.9. The molecule has 0 radical (unpaired) electrons. The average molecular weight is 396 g/mol. The average Bonchev–Trinajstić information content (AvgIpc) is 3.52. The van der Waals surface area contributed by atoms with E-state index in [0.717, 1.165) is 56.8 Å². The number of methoxy groups -OCH3 is 1.